The van der Waals surface area contributed by atoms with Crippen molar-refractivity contribution >= 4 is 16.5 Å². The van der Waals surface area contributed by atoms with E-state index in [9.17, 15) is 0 Å². The minimum absolute atomic E-state index is 0.0501. The van der Waals surface area contributed by atoms with E-state index in [2.05, 4.69) is 48.3 Å². The zero-order valence-corrected chi connectivity index (χ0v) is 14.8. The first kappa shape index (κ1) is 16.7. The molecule has 21 heavy (non-hydrogen) atoms. The summed E-state index contributed by atoms with van der Waals surface area (Å²) in [6.07, 6.45) is 3.42. The van der Waals surface area contributed by atoms with Crippen LogP contribution < -0.4 is 10.2 Å². The van der Waals surface area contributed by atoms with Crippen LogP contribution in [0.25, 0.3) is 0 Å². The first-order valence-electron chi connectivity index (χ1n) is 7.88. The summed E-state index contributed by atoms with van der Waals surface area (Å²) in [5, 5.41) is 7.08. The van der Waals surface area contributed by atoms with Gasteiger partial charge in [0.2, 0.25) is 0 Å². The summed E-state index contributed by atoms with van der Waals surface area (Å²) < 4.78 is 5.52. The van der Waals surface area contributed by atoms with Crippen molar-refractivity contribution in [2.24, 2.45) is 0 Å². The summed E-state index contributed by atoms with van der Waals surface area (Å²) in [5.41, 5.74) is 1.08. The number of hydrogen-bond donors (Lipinski definition) is 1. The summed E-state index contributed by atoms with van der Waals surface area (Å²) in [4.78, 5) is 7.00. The number of aryl methyl sites for hydroxylation is 1. The van der Waals surface area contributed by atoms with Crippen LogP contribution in [-0.2, 0) is 4.74 Å². The second-order valence-corrected chi connectivity index (χ2v) is 7.60. The van der Waals surface area contributed by atoms with Crippen LogP contribution in [0.5, 0.6) is 0 Å². The molecule has 0 aliphatic carbocycles. The lowest BCUT2D eigenvalue weighted by atomic mass is 9.97. The number of piperidine rings is 1. The third kappa shape index (κ3) is 4.94. The second kappa shape index (κ2) is 7.07. The van der Waals surface area contributed by atoms with Gasteiger partial charge in [-0.25, -0.2) is 4.98 Å². The third-order valence-electron chi connectivity index (χ3n) is 4.24. The minimum Gasteiger partial charge on any atom is -0.379 e. The van der Waals surface area contributed by atoms with E-state index in [-0.39, 0.29) is 5.60 Å². The Bertz CT molecular complexity index is 438. The average Bonchev–Trinajstić information content (AvgIpc) is 2.85. The zero-order chi connectivity index (χ0) is 15.5. The van der Waals surface area contributed by atoms with Gasteiger partial charge in [0.25, 0.3) is 0 Å². The van der Waals surface area contributed by atoms with Crippen LogP contribution in [0.4, 0.5) is 5.13 Å². The summed E-state index contributed by atoms with van der Waals surface area (Å²) in [6.45, 7) is 10.8. The van der Waals surface area contributed by atoms with Gasteiger partial charge in [0.1, 0.15) is 0 Å². The van der Waals surface area contributed by atoms with Gasteiger partial charge in [-0.3, -0.25) is 0 Å². The van der Waals surface area contributed by atoms with Gasteiger partial charge in [-0.2, -0.15) is 0 Å². The van der Waals surface area contributed by atoms with Crippen molar-refractivity contribution < 1.29 is 4.74 Å². The number of methoxy groups -OCH3 is 1. The van der Waals surface area contributed by atoms with E-state index >= 15 is 0 Å². The smallest absolute Gasteiger partial charge is 0.185 e. The summed E-state index contributed by atoms with van der Waals surface area (Å²) >= 11 is 1.76. The number of thiazole rings is 1. The standard InChI is InChI=1S/C16H29N3OS/c1-12(10-16(3,4)20-5)17-14-6-8-19(9-7-14)15-18-13(2)11-21-15/h11-12,14,17H,6-10H2,1-5H3. The van der Waals surface area contributed by atoms with Crippen molar-refractivity contribution in [1.82, 2.24) is 10.3 Å². The Kier molecular flexibility index (Phi) is 5.63. The van der Waals surface area contributed by atoms with Crippen molar-refractivity contribution in [3.8, 4) is 0 Å². The van der Waals surface area contributed by atoms with E-state index in [1.165, 1.54) is 18.0 Å². The molecule has 1 aliphatic rings. The Morgan fingerprint density at radius 1 is 1.48 bits per heavy atom. The third-order valence-corrected chi connectivity index (χ3v) is 5.26. The highest BCUT2D eigenvalue weighted by atomic mass is 32.1. The summed E-state index contributed by atoms with van der Waals surface area (Å²) in [7, 11) is 1.79. The van der Waals surface area contributed by atoms with Gasteiger partial charge in [0.05, 0.1) is 11.3 Å². The highest BCUT2D eigenvalue weighted by molar-refractivity contribution is 7.13. The van der Waals surface area contributed by atoms with Gasteiger partial charge < -0.3 is 15.0 Å². The molecular weight excluding hydrogens is 282 g/mol. The largest absolute Gasteiger partial charge is 0.379 e. The molecule has 5 heteroatoms. The number of nitrogens with one attached hydrogen (secondary N) is 1. The molecule has 0 aromatic carbocycles. The fourth-order valence-electron chi connectivity index (χ4n) is 3.01. The molecule has 120 valence electrons. The van der Waals surface area contributed by atoms with Crippen molar-refractivity contribution in [1.29, 1.82) is 0 Å². The molecule has 0 bridgehead atoms. The Morgan fingerprint density at radius 2 is 2.14 bits per heavy atom. The van der Waals surface area contributed by atoms with Crippen LogP contribution in [-0.4, -0.2) is 42.9 Å². The minimum atomic E-state index is -0.0501. The molecular formula is C16H29N3OS. The number of anilines is 1. The molecule has 0 radical (unpaired) electrons. The highest BCUT2D eigenvalue weighted by Gasteiger charge is 2.25. The zero-order valence-electron chi connectivity index (χ0n) is 14.0. The maximum absolute atomic E-state index is 5.52. The van der Waals surface area contributed by atoms with Crippen molar-refractivity contribution in [2.45, 2.75) is 64.6 Å². The topological polar surface area (TPSA) is 37.4 Å². The van der Waals surface area contributed by atoms with Crippen LogP contribution in [0.2, 0.25) is 0 Å². The molecule has 4 nitrogen and oxygen atoms in total. The van der Waals surface area contributed by atoms with Crippen LogP contribution in [0.1, 0.15) is 45.7 Å². The average molecular weight is 311 g/mol. The van der Waals surface area contributed by atoms with Gasteiger partial charge in [-0.1, -0.05) is 0 Å². The summed E-state index contributed by atoms with van der Waals surface area (Å²) in [5.74, 6) is 0. The SMILES string of the molecule is COC(C)(C)CC(C)NC1CCN(c2nc(C)cs2)CC1. The van der Waals surface area contributed by atoms with Crippen LogP contribution in [0.3, 0.4) is 0 Å². The number of nitrogens with zero attached hydrogens (tertiary/aromatic N) is 2. The number of aromatic nitrogens is 1. The van der Waals surface area contributed by atoms with Crippen molar-refractivity contribution in [3.05, 3.63) is 11.1 Å². The predicted octanol–water partition coefficient (Wildman–Crippen LogP) is 3.21. The van der Waals surface area contributed by atoms with E-state index < -0.39 is 0 Å². The lowest BCUT2D eigenvalue weighted by Gasteiger charge is -2.35. The van der Waals surface area contributed by atoms with Gasteiger partial charge in [-0.15, -0.1) is 11.3 Å². The number of ether oxygens (including phenoxy) is 1. The Balaban J connectivity index is 1.76. The van der Waals surface area contributed by atoms with Crippen LogP contribution >= 0.6 is 11.3 Å². The van der Waals surface area contributed by atoms with E-state index in [1.54, 1.807) is 18.4 Å². The molecule has 0 saturated carbocycles. The van der Waals surface area contributed by atoms with Gasteiger partial charge in [0, 0.05) is 37.7 Å². The first-order chi connectivity index (χ1) is 9.89. The molecule has 1 saturated heterocycles. The molecule has 0 amide bonds. The Labute approximate surface area is 132 Å². The summed E-state index contributed by atoms with van der Waals surface area (Å²) in [6, 6.07) is 1.10. The van der Waals surface area contributed by atoms with E-state index in [4.69, 9.17) is 4.74 Å². The van der Waals surface area contributed by atoms with E-state index in [0.29, 0.717) is 12.1 Å². The fraction of sp³-hybridized carbons (Fsp3) is 0.812. The maximum Gasteiger partial charge on any atom is 0.185 e. The quantitative estimate of drug-likeness (QED) is 0.875. The highest BCUT2D eigenvalue weighted by Crippen LogP contribution is 2.24. The molecule has 1 atom stereocenters. The van der Waals surface area contributed by atoms with Gasteiger partial charge >= 0.3 is 0 Å². The monoisotopic (exact) mass is 311 g/mol. The number of rotatable bonds is 6. The maximum atomic E-state index is 5.52. The molecule has 1 aliphatic heterocycles. The predicted molar refractivity (Wildman–Crippen MR) is 90.4 cm³/mol. The van der Waals surface area contributed by atoms with Gasteiger partial charge in [-0.05, 0) is 47.0 Å². The Hall–Kier alpha value is -0.650. The lowest BCUT2D eigenvalue weighted by Crippen LogP contribution is -2.47. The fourth-order valence-corrected chi connectivity index (χ4v) is 3.86. The molecule has 2 rings (SSSR count). The normalized spacial score (nSPS) is 19.0. The Morgan fingerprint density at radius 3 is 2.67 bits per heavy atom. The van der Waals surface area contributed by atoms with Crippen molar-refractivity contribution in [3.63, 3.8) is 0 Å². The molecule has 1 fully saturated rings. The molecule has 0 spiro atoms. The van der Waals surface area contributed by atoms with Crippen LogP contribution in [0.15, 0.2) is 5.38 Å². The van der Waals surface area contributed by atoms with Gasteiger partial charge in [0.15, 0.2) is 5.13 Å². The molecule has 1 aromatic heterocycles. The second-order valence-electron chi connectivity index (χ2n) is 6.77. The van der Waals surface area contributed by atoms with E-state index in [1.807, 2.05) is 0 Å². The molecule has 1 N–H and O–H groups in total. The number of hydrogen-bond acceptors (Lipinski definition) is 5. The molecule has 1 unspecified atom stereocenters. The molecule has 1 aromatic rings. The van der Waals surface area contributed by atoms with Crippen LogP contribution in [0, 0.1) is 6.92 Å². The van der Waals surface area contributed by atoms with E-state index in [0.717, 1.165) is 25.2 Å². The van der Waals surface area contributed by atoms with Crippen molar-refractivity contribution in [2.75, 3.05) is 25.1 Å². The first-order valence-corrected chi connectivity index (χ1v) is 8.76. The molecule has 2 heterocycles. The lowest BCUT2D eigenvalue weighted by molar-refractivity contribution is 0.00744.